The molecule has 3 heterocycles. The number of methoxy groups -OCH3 is 1. The minimum Gasteiger partial charge on any atom is -0.495 e. The fourth-order valence-electron chi connectivity index (χ4n) is 5.33. The fraction of sp³-hybridized carbons (Fsp3) is 0.233. The van der Waals surface area contributed by atoms with Gasteiger partial charge in [0.1, 0.15) is 11.6 Å². The van der Waals surface area contributed by atoms with Crippen LogP contribution < -0.4 is 4.74 Å². The largest absolute Gasteiger partial charge is 0.495 e. The molecule has 0 saturated heterocycles. The van der Waals surface area contributed by atoms with Crippen molar-refractivity contribution in [1.82, 2.24) is 24.3 Å². The smallest absolute Gasteiger partial charge is 0.174 e. The van der Waals surface area contributed by atoms with Gasteiger partial charge in [-0.3, -0.25) is 0 Å². The number of benzene rings is 2. The molecular formula is C30H29N5O. The quantitative estimate of drug-likeness (QED) is 0.374. The van der Waals surface area contributed by atoms with Crippen molar-refractivity contribution in [3.8, 4) is 11.4 Å². The van der Waals surface area contributed by atoms with Crippen LogP contribution in [0.1, 0.15) is 46.9 Å². The molecule has 2 aromatic heterocycles. The molecule has 1 atom stereocenters. The number of rotatable bonds is 4. The Morgan fingerprint density at radius 2 is 2.00 bits per heavy atom. The van der Waals surface area contributed by atoms with Crippen LogP contribution in [0.25, 0.3) is 23.9 Å². The first-order valence-electron chi connectivity index (χ1n) is 12.4. The summed E-state index contributed by atoms with van der Waals surface area (Å²) in [7, 11) is 1.69. The Labute approximate surface area is 211 Å². The molecule has 2 aliphatic rings. The summed E-state index contributed by atoms with van der Waals surface area (Å²) in [6.45, 7) is 2.87. The monoisotopic (exact) mass is 475 g/mol. The van der Waals surface area contributed by atoms with Crippen LogP contribution in [0.4, 0.5) is 0 Å². The van der Waals surface area contributed by atoms with E-state index in [1.54, 1.807) is 13.4 Å². The van der Waals surface area contributed by atoms with Crippen molar-refractivity contribution in [1.29, 1.82) is 0 Å². The average molecular weight is 476 g/mol. The zero-order valence-electron chi connectivity index (χ0n) is 20.6. The molecule has 0 radical (unpaired) electrons. The lowest BCUT2D eigenvalue weighted by molar-refractivity contribution is 0.341. The Morgan fingerprint density at radius 1 is 1.08 bits per heavy atom. The summed E-state index contributed by atoms with van der Waals surface area (Å²) in [6, 6.07) is 14.8. The van der Waals surface area contributed by atoms with E-state index in [2.05, 4.69) is 64.3 Å². The summed E-state index contributed by atoms with van der Waals surface area (Å²) in [4.78, 5) is 9.37. The van der Waals surface area contributed by atoms with Crippen LogP contribution in [-0.4, -0.2) is 31.4 Å². The first-order valence-corrected chi connectivity index (χ1v) is 12.4. The van der Waals surface area contributed by atoms with Crippen molar-refractivity contribution >= 4 is 18.2 Å². The molecule has 6 heteroatoms. The predicted molar refractivity (Wildman–Crippen MR) is 143 cm³/mol. The van der Waals surface area contributed by atoms with E-state index in [0.29, 0.717) is 0 Å². The molecule has 1 aliphatic heterocycles. The van der Waals surface area contributed by atoms with Crippen LogP contribution in [0.5, 0.6) is 5.75 Å². The Bertz CT molecular complexity index is 1510. The van der Waals surface area contributed by atoms with Gasteiger partial charge >= 0.3 is 0 Å². The van der Waals surface area contributed by atoms with Crippen molar-refractivity contribution in [2.75, 3.05) is 7.11 Å². The van der Waals surface area contributed by atoms with Crippen molar-refractivity contribution in [3.63, 3.8) is 0 Å². The number of imidazole rings is 1. The third-order valence-electron chi connectivity index (χ3n) is 7.11. The Morgan fingerprint density at radius 3 is 2.86 bits per heavy atom. The van der Waals surface area contributed by atoms with E-state index in [9.17, 15) is 0 Å². The molecule has 0 fully saturated rings. The normalized spacial score (nSPS) is 20.5. The van der Waals surface area contributed by atoms with Crippen molar-refractivity contribution in [2.24, 2.45) is 0 Å². The maximum Gasteiger partial charge on any atom is 0.174 e. The Hall–Kier alpha value is -4.19. The van der Waals surface area contributed by atoms with Gasteiger partial charge in [0, 0.05) is 12.7 Å². The summed E-state index contributed by atoms with van der Waals surface area (Å²) < 4.78 is 9.74. The number of allylic oxidation sites excluding steroid dienone is 3. The van der Waals surface area contributed by atoms with E-state index in [1.165, 1.54) is 11.1 Å². The second kappa shape index (κ2) is 9.11. The molecule has 6 nitrogen and oxygen atoms in total. The highest BCUT2D eigenvalue weighted by atomic mass is 16.5. The van der Waals surface area contributed by atoms with Gasteiger partial charge in [-0.05, 0) is 61.1 Å². The molecule has 0 amide bonds. The number of fused-ring (bicyclic) bond motifs is 3. The van der Waals surface area contributed by atoms with E-state index in [1.807, 2.05) is 42.0 Å². The molecule has 0 saturated carbocycles. The molecule has 4 aromatic rings. The predicted octanol–water partition coefficient (Wildman–Crippen LogP) is 5.81. The summed E-state index contributed by atoms with van der Waals surface area (Å²) in [5.41, 5.74) is 5.44. The van der Waals surface area contributed by atoms with Crippen LogP contribution in [0.3, 0.4) is 0 Å². The second-order valence-electron chi connectivity index (χ2n) is 9.56. The lowest BCUT2D eigenvalue weighted by Crippen LogP contribution is -2.35. The summed E-state index contributed by atoms with van der Waals surface area (Å²) >= 11 is 0. The zero-order valence-corrected chi connectivity index (χ0v) is 20.6. The lowest BCUT2D eigenvalue weighted by Gasteiger charge is -2.35. The van der Waals surface area contributed by atoms with Crippen LogP contribution in [0.2, 0.25) is 0 Å². The van der Waals surface area contributed by atoms with Gasteiger partial charge in [-0.2, -0.15) is 5.10 Å². The molecule has 180 valence electrons. The molecule has 1 spiro atoms. The Balaban J connectivity index is 1.31. The average Bonchev–Trinajstić information content (AvgIpc) is 3.51. The van der Waals surface area contributed by atoms with Crippen molar-refractivity contribution in [2.45, 2.75) is 38.1 Å². The molecule has 0 N–H and O–H groups in total. The lowest BCUT2D eigenvalue weighted by atomic mass is 9.73. The van der Waals surface area contributed by atoms with E-state index >= 15 is 0 Å². The van der Waals surface area contributed by atoms with Gasteiger partial charge < -0.3 is 9.30 Å². The van der Waals surface area contributed by atoms with E-state index in [-0.39, 0.29) is 5.41 Å². The molecule has 6 rings (SSSR count). The first kappa shape index (κ1) is 22.3. The van der Waals surface area contributed by atoms with Crippen LogP contribution in [0, 0.1) is 6.92 Å². The second-order valence-corrected chi connectivity index (χ2v) is 9.56. The summed E-state index contributed by atoms with van der Waals surface area (Å²) in [6.07, 6.45) is 19.7. The SMILES string of the molecule is COc1cc(/C=C/c2nc3n(n2)CCCC32/C=C/C=C\c3ccccc3C2)ccc1-n1cnc(C)c1. The first-order chi connectivity index (χ1) is 17.6. The Kier molecular flexibility index (Phi) is 5.64. The molecule has 1 aliphatic carbocycles. The third kappa shape index (κ3) is 4.09. The molecular weight excluding hydrogens is 446 g/mol. The highest BCUT2D eigenvalue weighted by molar-refractivity contribution is 5.69. The molecule has 0 bridgehead atoms. The number of hydrogen-bond acceptors (Lipinski definition) is 4. The van der Waals surface area contributed by atoms with Gasteiger partial charge in [0.2, 0.25) is 0 Å². The van der Waals surface area contributed by atoms with Crippen LogP contribution >= 0.6 is 0 Å². The van der Waals surface area contributed by atoms with E-state index in [4.69, 9.17) is 14.8 Å². The van der Waals surface area contributed by atoms with Crippen molar-refractivity contribution in [3.05, 3.63) is 107 Å². The summed E-state index contributed by atoms with van der Waals surface area (Å²) in [5.74, 6) is 2.58. The number of aromatic nitrogens is 5. The zero-order chi connectivity index (χ0) is 24.5. The maximum absolute atomic E-state index is 5.66. The van der Waals surface area contributed by atoms with Crippen molar-refractivity contribution < 1.29 is 4.74 Å². The van der Waals surface area contributed by atoms with Gasteiger partial charge in [0.15, 0.2) is 5.82 Å². The van der Waals surface area contributed by atoms with Crippen LogP contribution in [-0.2, 0) is 18.4 Å². The van der Waals surface area contributed by atoms with Gasteiger partial charge in [0.25, 0.3) is 0 Å². The molecule has 2 aromatic carbocycles. The highest BCUT2D eigenvalue weighted by Gasteiger charge is 2.38. The van der Waals surface area contributed by atoms with Gasteiger partial charge in [0.05, 0.1) is 30.2 Å². The number of hydrogen-bond donors (Lipinski definition) is 0. The summed E-state index contributed by atoms with van der Waals surface area (Å²) in [5, 5.41) is 4.86. The molecule has 36 heavy (non-hydrogen) atoms. The van der Waals surface area contributed by atoms with Gasteiger partial charge in [-0.15, -0.1) is 0 Å². The third-order valence-corrected chi connectivity index (χ3v) is 7.11. The number of nitrogens with zero attached hydrogens (tertiary/aromatic N) is 5. The van der Waals surface area contributed by atoms with E-state index < -0.39 is 0 Å². The van der Waals surface area contributed by atoms with E-state index in [0.717, 1.165) is 60.2 Å². The topological polar surface area (TPSA) is 57.8 Å². The van der Waals surface area contributed by atoms with Crippen LogP contribution in [0.15, 0.2) is 73.2 Å². The molecule has 1 unspecified atom stereocenters. The highest BCUT2D eigenvalue weighted by Crippen LogP contribution is 2.39. The minimum atomic E-state index is -0.147. The number of ether oxygens (including phenoxy) is 1. The number of aryl methyl sites for hydroxylation is 2. The maximum atomic E-state index is 5.66. The van der Waals surface area contributed by atoms with Gasteiger partial charge in [-0.1, -0.05) is 60.7 Å². The van der Waals surface area contributed by atoms with Gasteiger partial charge in [-0.25, -0.2) is 14.6 Å². The standard InChI is InChI=1S/C30H29N5O/c1-22-20-34(21-31-22)26-13-11-23(18-27(26)36-2)12-14-28-32-29-30(16-7-17-35(29)33-28)15-6-5-9-24-8-3-4-10-25(24)19-30/h3-6,8-15,18,20-21H,7,16-17,19H2,1-2H3/b9-5-,14-12+,15-6+. The minimum absolute atomic E-state index is 0.147. The fourth-order valence-corrected chi connectivity index (χ4v) is 5.33.